The Bertz CT molecular complexity index is 1380. The summed E-state index contributed by atoms with van der Waals surface area (Å²) in [5.74, 6) is -0.310. The number of carbonyl (C=O) groups excluding carboxylic acids is 2. The van der Waals surface area contributed by atoms with Crippen LogP contribution in [0.2, 0.25) is 0 Å². The molecule has 0 saturated carbocycles. The van der Waals surface area contributed by atoms with Gasteiger partial charge in [-0.1, -0.05) is 18.2 Å². The summed E-state index contributed by atoms with van der Waals surface area (Å²) in [6.45, 7) is 2.18. The number of carbonyl (C=O) groups is 2. The highest BCUT2D eigenvalue weighted by Gasteiger charge is 2.35. The molecule has 0 saturated heterocycles. The van der Waals surface area contributed by atoms with Gasteiger partial charge in [-0.3, -0.25) is 14.5 Å². The molecular formula is C28H26N4O4. The topological polar surface area (TPSA) is 97.5 Å². The second-order valence-electron chi connectivity index (χ2n) is 8.22. The second-order valence-corrected chi connectivity index (χ2v) is 8.22. The Morgan fingerprint density at radius 3 is 2.39 bits per heavy atom. The van der Waals surface area contributed by atoms with Crippen molar-refractivity contribution < 1.29 is 19.1 Å². The van der Waals surface area contributed by atoms with Crippen LogP contribution in [0.4, 0.5) is 0 Å². The number of nitriles is 1. The summed E-state index contributed by atoms with van der Waals surface area (Å²) in [5, 5.41) is 14.5. The van der Waals surface area contributed by atoms with Gasteiger partial charge in [0.05, 0.1) is 18.5 Å². The average molecular weight is 483 g/mol. The minimum Gasteiger partial charge on any atom is -0.497 e. The molecule has 0 aliphatic carbocycles. The molecule has 1 aliphatic heterocycles. The van der Waals surface area contributed by atoms with Crippen LogP contribution in [0.25, 0.3) is 23.0 Å². The molecule has 2 heterocycles. The number of nitrogens with zero attached hydrogens (tertiary/aromatic N) is 4. The summed E-state index contributed by atoms with van der Waals surface area (Å²) >= 11 is 0. The van der Waals surface area contributed by atoms with Crippen molar-refractivity contribution in [3.05, 3.63) is 83.1 Å². The number of rotatable bonds is 8. The number of benzene rings is 2. The summed E-state index contributed by atoms with van der Waals surface area (Å²) in [7, 11) is 3.16. The van der Waals surface area contributed by atoms with Crippen molar-refractivity contribution in [2.75, 3.05) is 27.4 Å². The van der Waals surface area contributed by atoms with Gasteiger partial charge in [0.2, 0.25) is 0 Å². The van der Waals surface area contributed by atoms with E-state index in [1.54, 1.807) is 31.9 Å². The molecule has 36 heavy (non-hydrogen) atoms. The van der Waals surface area contributed by atoms with Crippen LogP contribution in [0.3, 0.4) is 0 Å². The van der Waals surface area contributed by atoms with E-state index in [-0.39, 0.29) is 17.7 Å². The molecule has 1 aromatic heterocycles. The Hall–Kier alpha value is -4.48. The minimum atomic E-state index is -0.580. The average Bonchev–Trinajstić information content (AvgIpc) is 3.33. The Labute approximate surface area is 209 Å². The third-order valence-electron chi connectivity index (χ3n) is 5.98. The molecule has 2 amide bonds. The minimum absolute atomic E-state index is 0.0419. The number of hydrogen-bond acceptors (Lipinski definition) is 6. The molecular weight excluding hydrogens is 456 g/mol. The van der Waals surface area contributed by atoms with Crippen LogP contribution in [0.15, 0.2) is 77.5 Å². The van der Waals surface area contributed by atoms with E-state index in [4.69, 9.17) is 14.6 Å². The summed E-state index contributed by atoms with van der Waals surface area (Å²) < 4.78 is 12.1. The number of methoxy groups -OCH3 is 2. The van der Waals surface area contributed by atoms with Gasteiger partial charge < -0.3 is 9.47 Å². The molecule has 0 fully saturated rings. The Morgan fingerprint density at radius 1 is 1.03 bits per heavy atom. The third-order valence-corrected chi connectivity index (χ3v) is 5.98. The van der Waals surface area contributed by atoms with Crippen molar-refractivity contribution in [2.24, 2.45) is 0 Å². The zero-order valence-electron chi connectivity index (χ0n) is 20.4. The summed E-state index contributed by atoms with van der Waals surface area (Å²) in [6, 6.07) is 19.1. The predicted molar refractivity (Wildman–Crippen MR) is 135 cm³/mol. The fourth-order valence-electron chi connectivity index (χ4n) is 4.03. The van der Waals surface area contributed by atoms with Crippen molar-refractivity contribution in [2.45, 2.75) is 13.3 Å². The van der Waals surface area contributed by atoms with Gasteiger partial charge in [0.15, 0.2) is 0 Å². The first-order valence-electron chi connectivity index (χ1n) is 11.5. The highest BCUT2D eigenvalue weighted by molar-refractivity contribution is 6.19. The zero-order chi connectivity index (χ0) is 25.7. The maximum atomic E-state index is 13.4. The van der Waals surface area contributed by atoms with E-state index in [2.05, 4.69) is 0 Å². The highest BCUT2D eigenvalue weighted by atomic mass is 16.5. The number of amides is 2. The number of ether oxygens (including phenoxy) is 2. The van der Waals surface area contributed by atoms with E-state index in [1.807, 2.05) is 66.9 Å². The summed E-state index contributed by atoms with van der Waals surface area (Å²) in [4.78, 5) is 27.4. The van der Waals surface area contributed by atoms with Crippen LogP contribution in [0.5, 0.6) is 5.75 Å². The molecule has 0 spiro atoms. The molecule has 0 N–H and O–H groups in total. The van der Waals surface area contributed by atoms with Crippen molar-refractivity contribution in [3.63, 3.8) is 0 Å². The lowest BCUT2D eigenvalue weighted by molar-refractivity contribution is -0.140. The first-order chi connectivity index (χ1) is 17.5. The van der Waals surface area contributed by atoms with E-state index >= 15 is 0 Å². The van der Waals surface area contributed by atoms with Crippen LogP contribution in [-0.4, -0.2) is 53.9 Å². The fourth-order valence-corrected chi connectivity index (χ4v) is 4.03. The van der Waals surface area contributed by atoms with E-state index in [0.29, 0.717) is 35.6 Å². The fraction of sp³-hybridized carbons (Fsp3) is 0.214. The largest absolute Gasteiger partial charge is 0.497 e. The summed E-state index contributed by atoms with van der Waals surface area (Å²) in [6.07, 6.45) is 4.01. The van der Waals surface area contributed by atoms with Gasteiger partial charge in [-0.05, 0) is 61.4 Å². The molecule has 4 rings (SSSR count). The van der Waals surface area contributed by atoms with Gasteiger partial charge in [-0.25, -0.2) is 4.68 Å². The van der Waals surface area contributed by atoms with Gasteiger partial charge in [0.1, 0.15) is 17.4 Å². The van der Waals surface area contributed by atoms with Gasteiger partial charge in [-0.2, -0.15) is 10.4 Å². The van der Waals surface area contributed by atoms with Gasteiger partial charge >= 0.3 is 0 Å². The highest BCUT2D eigenvalue weighted by Crippen LogP contribution is 2.31. The molecule has 8 nitrogen and oxygen atoms in total. The Balaban J connectivity index is 1.85. The Kier molecular flexibility index (Phi) is 7.42. The molecule has 182 valence electrons. The molecule has 8 heteroatoms. The maximum Gasteiger partial charge on any atom is 0.271 e. The maximum absolute atomic E-state index is 13.4. The van der Waals surface area contributed by atoms with Crippen molar-refractivity contribution in [1.82, 2.24) is 14.7 Å². The molecule has 1 aliphatic rings. The molecule has 0 unspecified atom stereocenters. The smallest absolute Gasteiger partial charge is 0.271 e. The van der Waals surface area contributed by atoms with E-state index in [1.165, 1.54) is 0 Å². The molecule has 0 radical (unpaired) electrons. The molecule has 0 bridgehead atoms. The number of para-hydroxylation sites is 1. The lowest BCUT2D eigenvalue weighted by atomic mass is 9.93. The van der Waals surface area contributed by atoms with Crippen LogP contribution in [0, 0.1) is 11.3 Å². The SMILES string of the molecule is COCCCN1C(=O)C(C#N)=C(C)/C(=C\c2cn(-c3ccccc3)nc2-c2ccc(OC)cc2)C1=O. The number of hydrogen-bond donors (Lipinski definition) is 0. The molecule has 2 aromatic carbocycles. The third kappa shape index (κ3) is 4.83. The van der Waals surface area contributed by atoms with Crippen LogP contribution in [0.1, 0.15) is 18.9 Å². The van der Waals surface area contributed by atoms with Gasteiger partial charge in [0, 0.05) is 43.2 Å². The number of imide groups is 1. The first-order valence-corrected chi connectivity index (χ1v) is 11.5. The van der Waals surface area contributed by atoms with E-state index in [0.717, 1.165) is 16.2 Å². The standard InChI is InChI=1S/C28H26N4O4/c1-19-24(27(33)31(14-7-15-35-2)28(34)25(19)17-29)16-21-18-32(22-8-5-4-6-9-22)30-26(21)20-10-12-23(36-3)13-11-20/h4-6,8-13,16,18H,7,14-15H2,1-3H3/b24-16+. The van der Waals surface area contributed by atoms with Crippen molar-refractivity contribution in [1.29, 1.82) is 5.26 Å². The zero-order valence-corrected chi connectivity index (χ0v) is 20.4. The van der Waals surface area contributed by atoms with E-state index in [9.17, 15) is 14.9 Å². The Morgan fingerprint density at radius 2 is 1.75 bits per heavy atom. The van der Waals surface area contributed by atoms with Crippen LogP contribution >= 0.6 is 0 Å². The summed E-state index contributed by atoms with van der Waals surface area (Å²) in [5.41, 5.74) is 3.60. The molecule has 0 atom stereocenters. The lowest BCUT2D eigenvalue weighted by Crippen LogP contribution is -2.43. The molecule has 3 aromatic rings. The monoisotopic (exact) mass is 482 g/mol. The number of aromatic nitrogens is 2. The van der Waals surface area contributed by atoms with Crippen LogP contribution in [-0.2, 0) is 14.3 Å². The quantitative estimate of drug-likeness (QED) is 0.271. The van der Waals surface area contributed by atoms with Crippen molar-refractivity contribution in [3.8, 4) is 28.8 Å². The van der Waals surface area contributed by atoms with Crippen LogP contribution < -0.4 is 4.74 Å². The van der Waals surface area contributed by atoms with Gasteiger partial charge in [0.25, 0.3) is 11.8 Å². The lowest BCUT2D eigenvalue weighted by Gasteiger charge is -2.27. The van der Waals surface area contributed by atoms with E-state index < -0.39 is 11.8 Å². The first kappa shape index (κ1) is 24.6. The second kappa shape index (κ2) is 10.8. The van der Waals surface area contributed by atoms with Crippen molar-refractivity contribution >= 4 is 17.9 Å². The normalized spacial score (nSPS) is 14.9. The van der Waals surface area contributed by atoms with Gasteiger partial charge in [-0.15, -0.1) is 0 Å². The predicted octanol–water partition coefficient (Wildman–Crippen LogP) is 4.18.